The first kappa shape index (κ1) is 26.9. The summed E-state index contributed by atoms with van der Waals surface area (Å²) in [5, 5.41) is 27.9. The lowest BCUT2D eigenvalue weighted by atomic mass is 10.0. The number of nitrogen functional groups attached to an aromatic ring is 1. The minimum absolute atomic E-state index is 0.00877. The zero-order valence-corrected chi connectivity index (χ0v) is 22.7. The molecule has 4 heterocycles. The Kier molecular flexibility index (Phi) is 7.99. The van der Waals surface area contributed by atoms with Crippen LogP contribution in [0.15, 0.2) is 21.6 Å². The average Bonchev–Trinajstić information content (AvgIpc) is 3.69. The van der Waals surface area contributed by atoms with Gasteiger partial charge in [-0.05, 0) is 41.7 Å². The average molecular weight is 591 g/mol. The number of amides is 2. The molecule has 2 aromatic rings. The minimum atomic E-state index is -1.24. The number of carbonyl (C=O) groups is 3. The van der Waals surface area contributed by atoms with Crippen molar-refractivity contribution < 1.29 is 24.3 Å². The van der Waals surface area contributed by atoms with E-state index >= 15 is 0 Å². The van der Waals surface area contributed by atoms with Crippen LogP contribution in [0.3, 0.4) is 0 Å². The lowest BCUT2D eigenvalue weighted by Crippen LogP contribution is -2.71. The normalized spacial score (nSPS) is 21.4. The molecule has 0 aromatic carbocycles. The number of β-lactam (4-membered cyclic amide) rings is 1. The molecule has 1 saturated carbocycles. The van der Waals surface area contributed by atoms with Gasteiger partial charge in [-0.25, -0.2) is 9.48 Å². The summed E-state index contributed by atoms with van der Waals surface area (Å²) in [7, 11) is 0. The molecule has 2 atom stereocenters. The number of carboxylic acids is 1. The summed E-state index contributed by atoms with van der Waals surface area (Å²) >= 11 is 3.46. The van der Waals surface area contributed by atoms with Gasteiger partial charge in [-0.1, -0.05) is 22.8 Å². The number of hydrogen-bond donors (Lipinski definition) is 3. The Morgan fingerprint density at radius 3 is 2.85 bits per heavy atom. The Morgan fingerprint density at radius 2 is 2.15 bits per heavy atom. The summed E-state index contributed by atoms with van der Waals surface area (Å²) in [5.74, 6) is 0.477. The van der Waals surface area contributed by atoms with Crippen molar-refractivity contribution in [2.24, 2.45) is 5.16 Å². The van der Waals surface area contributed by atoms with Crippen LogP contribution in [-0.2, 0) is 25.8 Å². The van der Waals surface area contributed by atoms with E-state index in [1.54, 1.807) is 0 Å². The van der Waals surface area contributed by atoms with E-state index in [0.29, 0.717) is 16.5 Å². The van der Waals surface area contributed by atoms with Gasteiger partial charge in [-0.3, -0.25) is 14.5 Å². The van der Waals surface area contributed by atoms with Crippen molar-refractivity contribution in [3.05, 3.63) is 17.1 Å². The number of oxime groups is 1. The molecule has 0 bridgehead atoms. The van der Waals surface area contributed by atoms with Crippen LogP contribution >= 0.6 is 35.1 Å². The lowest BCUT2D eigenvalue weighted by molar-refractivity contribution is -0.150. The number of nitrogens with zero attached hydrogens (tertiary/aromatic N) is 8. The molecule has 1 aliphatic carbocycles. The lowest BCUT2D eigenvalue weighted by Gasteiger charge is -2.49. The van der Waals surface area contributed by atoms with Crippen molar-refractivity contribution in [2.45, 2.75) is 54.9 Å². The number of carboxylic acid groups (broad SMARTS) is 1. The standard InChI is InChI=1S/C21H22N10O5S3/c1-2-7-30-21(25-28-29-30)38-9-10-8-37-18-13(17(33)31(18)14(10)19(34)35)23-16(32)12(15-24-20(22)39-27-15)26-36-11-5-3-4-6-11/h1,11,13,18H,3-9H2,(H,23,32)(H,34,35)(H2,22,24,27)/b26-12-/t13?,18-/m1/s1. The summed E-state index contributed by atoms with van der Waals surface area (Å²) < 4.78 is 5.48. The Hall–Kier alpha value is -3.69. The number of tetrazole rings is 1. The number of thioether (sulfide) groups is 2. The van der Waals surface area contributed by atoms with Crippen LogP contribution < -0.4 is 11.1 Å². The molecule has 2 fully saturated rings. The maximum atomic E-state index is 13.2. The van der Waals surface area contributed by atoms with E-state index in [1.807, 2.05) is 0 Å². The molecule has 2 amide bonds. The van der Waals surface area contributed by atoms with Gasteiger partial charge in [0, 0.05) is 23.0 Å². The highest BCUT2D eigenvalue weighted by molar-refractivity contribution is 8.01. The molecule has 0 radical (unpaired) electrons. The Morgan fingerprint density at radius 1 is 1.36 bits per heavy atom. The summed E-state index contributed by atoms with van der Waals surface area (Å²) in [6.07, 6.45) is 8.88. The summed E-state index contributed by atoms with van der Waals surface area (Å²) in [4.78, 5) is 49.3. The second kappa shape index (κ2) is 11.6. The van der Waals surface area contributed by atoms with Crippen LogP contribution in [0.4, 0.5) is 5.13 Å². The van der Waals surface area contributed by atoms with Crippen LogP contribution in [-0.4, -0.2) is 92.1 Å². The number of hydrogen-bond acceptors (Lipinski definition) is 14. The number of nitrogens with two attached hydrogens (primary N) is 1. The Labute approximate surface area is 234 Å². The van der Waals surface area contributed by atoms with Crippen molar-refractivity contribution in [1.82, 2.24) is 39.8 Å². The maximum absolute atomic E-state index is 13.2. The minimum Gasteiger partial charge on any atom is -0.477 e. The molecule has 3 aliphatic rings. The summed E-state index contributed by atoms with van der Waals surface area (Å²) in [6.45, 7) is 0.170. The zero-order chi connectivity index (χ0) is 27.5. The van der Waals surface area contributed by atoms with E-state index in [1.165, 1.54) is 33.1 Å². The van der Waals surface area contributed by atoms with Gasteiger partial charge in [0.1, 0.15) is 29.8 Å². The number of aromatic nitrogens is 6. The fourth-order valence-corrected chi connectivity index (χ4v) is 7.07. The number of carbonyl (C=O) groups excluding carboxylic acids is 2. The highest BCUT2D eigenvalue weighted by atomic mass is 32.2. The fraction of sp³-hybridized carbons (Fsp3) is 0.476. The van der Waals surface area contributed by atoms with Gasteiger partial charge in [-0.15, -0.1) is 23.3 Å². The maximum Gasteiger partial charge on any atom is 0.352 e. The predicted molar refractivity (Wildman–Crippen MR) is 141 cm³/mol. The van der Waals surface area contributed by atoms with E-state index in [4.69, 9.17) is 17.0 Å². The quantitative estimate of drug-likeness (QED) is 0.109. The molecule has 5 rings (SSSR count). The second-order valence-corrected chi connectivity index (χ2v) is 11.5. The molecule has 18 heteroatoms. The predicted octanol–water partition coefficient (Wildman–Crippen LogP) is -0.0658. The molecule has 39 heavy (non-hydrogen) atoms. The van der Waals surface area contributed by atoms with Gasteiger partial charge < -0.3 is 21.0 Å². The molecule has 0 spiro atoms. The van der Waals surface area contributed by atoms with Gasteiger partial charge in [0.05, 0.1) is 0 Å². The highest BCUT2D eigenvalue weighted by Crippen LogP contribution is 2.41. The first-order chi connectivity index (χ1) is 18.9. The number of rotatable bonds is 10. The molecule has 2 aromatic heterocycles. The Balaban J connectivity index is 1.30. The SMILES string of the molecule is C#CCn1nnnc1SCC1=C(C(=O)O)N2C(=O)C(NC(=O)/C(=N\OC3CCCC3)c3nsc(N)n3)[C@H]2SC1. The fourth-order valence-electron chi connectivity index (χ4n) is 4.28. The van der Waals surface area contributed by atoms with Gasteiger partial charge in [0.25, 0.3) is 11.8 Å². The van der Waals surface area contributed by atoms with Gasteiger partial charge in [0.15, 0.2) is 5.13 Å². The largest absolute Gasteiger partial charge is 0.477 e. The van der Waals surface area contributed by atoms with E-state index in [-0.39, 0.29) is 40.8 Å². The first-order valence-electron chi connectivity index (χ1n) is 11.7. The molecule has 2 aliphatic heterocycles. The zero-order valence-electron chi connectivity index (χ0n) is 20.2. The number of anilines is 1. The number of terminal acetylenes is 1. The molecule has 4 N–H and O–H groups in total. The molecule has 1 saturated heterocycles. The third-order valence-electron chi connectivity index (χ3n) is 6.12. The van der Waals surface area contributed by atoms with Crippen LogP contribution in [0, 0.1) is 12.3 Å². The molecule has 1 unspecified atom stereocenters. The van der Waals surface area contributed by atoms with Crippen molar-refractivity contribution in [1.29, 1.82) is 0 Å². The smallest absolute Gasteiger partial charge is 0.352 e. The topological polar surface area (TPSA) is 204 Å². The van der Waals surface area contributed by atoms with Crippen LogP contribution in [0.5, 0.6) is 0 Å². The molecular formula is C21H22N10O5S3. The number of nitrogens with one attached hydrogen (secondary N) is 1. The summed E-state index contributed by atoms with van der Waals surface area (Å²) in [6, 6.07) is -0.971. The summed E-state index contributed by atoms with van der Waals surface area (Å²) in [5.41, 5.74) is 5.90. The molecule has 15 nitrogen and oxygen atoms in total. The highest BCUT2D eigenvalue weighted by Gasteiger charge is 2.54. The van der Waals surface area contributed by atoms with Crippen LogP contribution in [0.2, 0.25) is 0 Å². The monoisotopic (exact) mass is 590 g/mol. The van der Waals surface area contributed by atoms with E-state index in [9.17, 15) is 19.5 Å². The number of aliphatic carboxylic acids is 1. The molecule has 204 valence electrons. The van der Waals surface area contributed by atoms with Crippen molar-refractivity contribution in [3.8, 4) is 12.3 Å². The first-order valence-corrected chi connectivity index (χ1v) is 14.5. The van der Waals surface area contributed by atoms with Crippen LogP contribution in [0.1, 0.15) is 31.5 Å². The van der Waals surface area contributed by atoms with Gasteiger partial charge in [-0.2, -0.15) is 9.36 Å². The van der Waals surface area contributed by atoms with E-state index < -0.39 is 29.2 Å². The third kappa shape index (κ3) is 5.55. The van der Waals surface area contributed by atoms with E-state index in [2.05, 4.69) is 41.3 Å². The van der Waals surface area contributed by atoms with Crippen molar-refractivity contribution in [2.75, 3.05) is 17.2 Å². The third-order valence-corrected chi connectivity index (χ3v) is 9.04. The second-order valence-electron chi connectivity index (χ2n) is 8.64. The van der Waals surface area contributed by atoms with Crippen molar-refractivity contribution >= 4 is 63.7 Å². The Bertz CT molecular complexity index is 1390. The number of fused-ring (bicyclic) bond motifs is 1. The van der Waals surface area contributed by atoms with Gasteiger partial charge in [0.2, 0.25) is 16.7 Å². The van der Waals surface area contributed by atoms with Crippen molar-refractivity contribution in [3.63, 3.8) is 0 Å². The van der Waals surface area contributed by atoms with Gasteiger partial charge >= 0.3 is 5.97 Å². The van der Waals surface area contributed by atoms with Crippen LogP contribution in [0.25, 0.3) is 0 Å². The molecular weight excluding hydrogens is 568 g/mol. The van der Waals surface area contributed by atoms with E-state index in [0.717, 1.165) is 37.2 Å².